The second kappa shape index (κ2) is 5.28. The molecule has 14 heavy (non-hydrogen) atoms. The van der Waals surface area contributed by atoms with E-state index in [9.17, 15) is 0 Å². The molecule has 0 aromatic carbocycles. The second-order valence-corrected chi connectivity index (χ2v) is 8.23. The summed E-state index contributed by atoms with van der Waals surface area (Å²) in [5, 5.41) is 0. The quantitative estimate of drug-likeness (QED) is 0.634. The largest absolute Gasteiger partial charge is 0.397 e. The van der Waals surface area contributed by atoms with Crippen LogP contribution < -0.4 is 0 Å². The summed E-state index contributed by atoms with van der Waals surface area (Å²) in [7, 11) is 1.84. The fourth-order valence-electron chi connectivity index (χ4n) is 2.23. The van der Waals surface area contributed by atoms with Crippen LogP contribution in [-0.4, -0.2) is 22.8 Å². The van der Waals surface area contributed by atoms with E-state index in [1.54, 1.807) is 0 Å². The maximum absolute atomic E-state index is 5.78. The Morgan fingerprint density at radius 1 is 1.29 bits per heavy atom. The van der Waals surface area contributed by atoms with Gasteiger partial charge in [0.15, 0.2) is 0 Å². The van der Waals surface area contributed by atoms with Gasteiger partial charge in [-0.3, -0.25) is 0 Å². The SMILES string of the molecule is CCC(C)C[Si](OC)(OC)C1CCC1. The smallest absolute Gasteiger partial charge is 0.341 e. The van der Waals surface area contributed by atoms with Crippen LogP contribution in [0.1, 0.15) is 39.5 Å². The maximum atomic E-state index is 5.78. The normalized spacial score (nSPS) is 20.6. The third-order valence-corrected chi connectivity index (χ3v) is 8.22. The third kappa shape index (κ3) is 2.38. The molecular formula is C11H24O2Si. The molecule has 0 N–H and O–H groups in total. The third-order valence-electron chi connectivity index (χ3n) is 3.75. The first-order valence-electron chi connectivity index (χ1n) is 5.78. The summed E-state index contributed by atoms with van der Waals surface area (Å²) in [5.41, 5.74) is 0.756. The van der Waals surface area contributed by atoms with Crippen LogP contribution in [0.25, 0.3) is 0 Å². The lowest BCUT2D eigenvalue weighted by molar-refractivity contribution is 0.201. The van der Waals surface area contributed by atoms with Crippen LogP contribution in [0.4, 0.5) is 0 Å². The molecule has 0 aromatic rings. The molecule has 0 heterocycles. The summed E-state index contributed by atoms with van der Waals surface area (Å²) in [6.07, 6.45) is 5.25. The van der Waals surface area contributed by atoms with Crippen molar-refractivity contribution in [2.24, 2.45) is 5.92 Å². The van der Waals surface area contributed by atoms with E-state index in [-0.39, 0.29) is 0 Å². The average molecular weight is 216 g/mol. The molecule has 2 nitrogen and oxygen atoms in total. The lowest BCUT2D eigenvalue weighted by Crippen LogP contribution is -2.48. The zero-order valence-corrected chi connectivity index (χ0v) is 11.0. The van der Waals surface area contributed by atoms with Gasteiger partial charge in [-0.15, -0.1) is 0 Å². The van der Waals surface area contributed by atoms with Crippen molar-refractivity contribution in [2.45, 2.75) is 51.1 Å². The summed E-state index contributed by atoms with van der Waals surface area (Å²) in [4.78, 5) is 0. The van der Waals surface area contributed by atoms with Crippen LogP contribution in [0, 0.1) is 5.92 Å². The van der Waals surface area contributed by atoms with Crippen molar-refractivity contribution in [3.8, 4) is 0 Å². The molecule has 1 aliphatic rings. The zero-order valence-electron chi connectivity index (χ0n) is 10.0. The Bertz CT molecular complexity index is 165. The monoisotopic (exact) mass is 216 g/mol. The van der Waals surface area contributed by atoms with Gasteiger partial charge in [0.1, 0.15) is 0 Å². The molecule has 1 saturated carbocycles. The van der Waals surface area contributed by atoms with Gasteiger partial charge in [-0.1, -0.05) is 26.7 Å². The van der Waals surface area contributed by atoms with E-state index in [0.717, 1.165) is 11.5 Å². The summed E-state index contributed by atoms with van der Waals surface area (Å²) in [5.74, 6) is 0.738. The Morgan fingerprint density at radius 3 is 2.14 bits per heavy atom. The molecule has 1 aliphatic carbocycles. The molecule has 0 radical (unpaired) electrons. The van der Waals surface area contributed by atoms with Gasteiger partial charge in [-0.25, -0.2) is 0 Å². The van der Waals surface area contributed by atoms with E-state index in [2.05, 4.69) is 13.8 Å². The van der Waals surface area contributed by atoms with Crippen molar-refractivity contribution in [1.82, 2.24) is 0 Å². The highest BCUT2D eigenvalue weighted by Crippen LogP contribution is 2.44. The Labute approximate surface area is 89.2 Å². The minimum atomic E-state index is -1.84. The Morgan fingerprint density at radius 2 is 1.86 bits per heavy atom. The minimum Gasteiger partial charge on any atom is -0.397 e. The molecule has 1 rings (SSSR count). The summed E-state index contributed by atoms with van der Waals surface area (Å²) < 4.78 is 11.6. The minimum absolute atomic E-state index is 0.738. The highest BCUT2D eigenvalue weighted by atomic mass is 28.4. The molecular weight excluding hydrogens is 192 g/mol. The molecule has 0 aromatic heterocycles. The van der Waals surface area contributed by atoms with Gasteiger partial charge < -0.3 is 8.85 Å². The van der Waals surface area contributed by atoms with Crippen LogP contribution in [0.2, 0.25) is 11.6 Å². The molecule has 84 valence electrons. The molecule has 3 heteroatoms. The first kappa shape index (κ1) is 12.2. The van der Waals surface area contributed by atoms with Gasteiger partial charge in [-0.2, -0.15) is 0 Å². The van der Waals surface area contributed by atoms with Crippen molar-refractivity contribution < 1.29 is 8.85 Å². The van der Waals surface area contributed by atoms with Crippen molar-refractivity contribution in [1.29, 1.82) is 0 Å². The molecule has 0 aliphatic heterocycles. The van der Waals surface area contributed by atoms with Crippen molar-refractivity contribution in [2.75, 3.05) is 14.2 Å². The molecule has 1 atom stereocenters. The van der Waals surface area contributed by atoms with Crippen LogP contribution in [-0.2, 0) is 8.85 Å². The lowest BCUT2D eigenvalue weighted by atomic mass is 10.00. The number of hydrogen-bond acceptors (Lipinski definition) is 2. The van der Waals surface area contributed by atoms with E-state index in [1.165, 1.54) is 31.7 Å². The fraction of sp³-hybridized carbons (Fsp3) is 1.00. The standard InChI is InChI=1S/C11H24O2Si/c1-5-10(2)9-14(12-3,13-4)11-7-6-8-11/h10-11H,5-9H2,1-4H3. The molecule has 0 amide bonds. The van der Waals surface area contributed by atoms with E-state index in [4.69, 9.17) is 8.85 Å². The zero-order chi connectivity index (χ0) is 10.6. The van der Waals surface area contributed by atoms with E-state index in [0.29, 0.717) is 0 Å². The van der Waals surface area contributed by atoms with E-state index in [1.807, 2.05) is 14.2 Å². The van der Waals surface area contributed by atoms with Crippen LogP contribution in [0.5, 0.6) is 0 Å². The Hall–Kier alpha value is 0.137. The van der Waals surface area contributed by atoms with Crippen molar-refractivity contribution >= 4 is 8.56 Å². The summed E-state index contributed by atoms with van der Waals surface area (Å²) in [6.45, 7) is 4.55. The Balaban J connectivity index is 2.58. The average Bonchev–Trinajstić information content (AvgIpc) is 2.13. The highest BCUT2D eigenvalue weighted by molar-refractivity contribution is 6.69. The molecule has 1 unspecified atom stereocenters. The van der Waals surface area contributed by atoms with Gasteiger partial charge >= 0.3 is 8.56 Å². The van der Waals surface area contributed by atoms with E-state index < -0.39 is 8.56 Å². The first-order valence-corrected chi connectivity index (χ1v) is 7.89. The van der Waals surface area contributed by atoms with Crippen molar-refractivity contribution in [3.63, 3.8) is 0 Å². The van der Waals surface area contributed by atoms with Crippen LogP contribution >= 0.6 is 0 Å². The number of hydrogen-bond donors (Lipinski definition) is 0. The van der Waals surface area contributed by atoms with Gasteiger partial charge in [0.25, 0.3) is 0 Å². The van der Waals surface area contributed by atoms with Gasteiger partial charge in [0, 0.05) is 19.8 Å². The summed E-state index contributed by atoms with van der Waals surface area (Å²) >= 11 is 0. The predicted molar refractivity (Wildman–Crippen MR) is 61.6 cm³/mol. The van der Waals surface area contributed by atoms with Crippen molar-refractivity contribution in [3.05, 3.63) is 0 Å². The molecule has 0 bridgehead atoms. The molecule has 0 spiro atoms. The Kier molecular flexibility index (Phi) is 4.61. The van der Waals surface area contributed by atoms with Crippen LogP contribution in [0.15, 0.2) is 0 Å². The summed E-state index contributed by atoms with van der Waals surface area (Å²) in [6, 6.07) is 1.17. The molecule has 0 saturated heterocycles. The highest BCUT2D eigenvalue weighted by Gasteiger charge is 2.47. The molecule has 1 fully saturated rings. The van der Waals surface area contributed by atoms with E-state index >= 15 is 0 Å². The van der Waals surface area contributed by atoms with Gasteiger partial charge in [0.2, 0.25) is 0 Å². The topological polar surface area (TPSA) is 18.5 Å². The lowest BCUT2D eigenvalue weighted by Gasteiger charge is -2.41. The second-order valence-electron chi connectivity index (χ2n) is 4.57. The first-order chi connectivity index (χ1) is 6.68. The predicted octanol–water partition coefficient (Wildman–Crippen LogP) is 3.32. The van der Waals surface area contributed by atoms with Crippen LogP contribution in [0.3, 0.4) is 0 Å². The maximum Gasteiger partial charge on any atom is 0.341 e. The number of rotatable bonds is 6. The fourth-order valence-corrected chi connectivity index (χ4v) is 6.28. The van der Waals surface area contributed by atoms with Gasteiger partial charge in [0.05, 0.1) is 0 Å². The van der Waals surface area contributed by atoms with Gasteiger partial charge in [-0.05, 0) is 24.8 Å².